The number of hydrogen-bond donors (Lipinski definition) is 0. The molecule has 3 rings (SSSR count). The molecule has 1 aromatic heterocycles. The molecule has 0 N–H and O–H groups in total. The Labute approximate surface area is 161 Å². The van der Waals surface area contributed by atoms with E-state index in [2.05, 4.69) is 33.0 Å². The molecule has 0 aliphatic heterocycles. The molecule has 25 heavy (non-hydrogen) atoms. The summed E-state index contributed by atoms with van der Waals surface area (Å²) in [4.78, 5) is 16.9. The summed E-state index contributed by atoms with van der Waals surface area (Å²) in [6.45, 7) is 2.01. The van der Waals surface area contributed by atoms with Crippen molar-refractivity contribution in [2.24, 2.45) is 0 Å². The van der Waals surface area contributed by atoms with Crippen LogP contribution < -0.4 is 4.35 Å². The van der Waals surface area contributed by atoms with E-state index in [1.807, 2.05) is 49.4 Å². The number of benzene rings is 2. The first-order valence-electron chi connectivity index (χ1n) is 7.71. The van der Waals surface area contributed by atoms with E-state index in [0.717, 1.165) is 25.3 Å². The number of halogens is 1. The number of carbonyl (C=O) groups is 1. The first kappa shape index (κ1) is 17.9. The number of esters is 1. The Morgan fingerprint density at radius 1 is 1.08 bits per heavy atom. The van der Waals surface area contributed by atoms with Crippen molar-refractivity contribution in [2.75, 3.05) is 7.11 Å². The van der Waals surface area contributed by atoms with Gasteiger partial charge in [-0.3, -0.25) is 0 Å². The number of rotatable bonds is 4. The second-order valence-electron chi connectivity index (χ2n) is 5.39. The zero-order chi connectivity index (χ0) is 17.8. The minimum atomic E-state index is -0.363. The van der Waals surface area contributed by atoms with Gasteiger partial charge in [-0.05, 0) is 0 Å². The molecular formula is C20H16AsBrNO2. The number of carbonyl (C=O) groups excluding carboxylic acids is 1. The van der Waals surface area contributed by atoms with Gasteiger partial charge in [0.1, 0.15) is 0 Å². The number of fused-ring (bicyclic) bond motifs is 1. The van der Waals surface area contributed by atoms with Crippen molar-refractivity contribution in [3.8, 4) is 0 Å². The number of methoxy groups -OCH3 is 1. The third kappa shape index (κ3) is 3.86. The maximum atomic E-state index is 12.5. The number of allylic oxidation sites excluding steroid dienone is 1. The minimum absolute atomic E-state index is 0.307. The average Bonchev–Trinajstić information content (AvgIpc) is 2.63. The Morgan fingerprint density at radius 3 is 2.64 bits per heavy atom. The van der Waals surface area contributed by atoms with Gasteiger partial charge in [0.2, 0.25) is 0 Å². The van der Waals surface area contributed by atoms with Crippen LogP contribution >= 0.6 is 15.9 Å². The van der Waals surface area contributed by atoms with Crippen molar-refractivity contribution in [3.63, 3.8) is 0 Å². The summed E-state index contributed by atoms with van der Waals surface area (Å²) in [5.41, 5.74) is 2.47. The molecule has 0 atom stereocenters. The third-order valence-corrected chi connectivity index (χ3v) is 6.99. The van der Waals surface area contributed by atoms with Gasteiger partial charge >= 0.3 is 162 Å². The van der Waals surface area contributed by atoms with Gasteiger partial charge in [-0.2, -0.15) is 0 Å². The molecule has 3 aromatic rings. The first-order chi connectivity index (χ1) is 12.1. The molecule has 0 fully saturated rings. The summed E-state index contributed by atoms with van der Waals surface area (Å²) < 4.78 is 8.21. The molecule has 0 spiro atoms. The summed E-state index contributed by atoms with van der Waals surface area (Å²) >= 11 is 3.18. The summed E-state index contributed by atoms with van der Waals surface area (Å²) in [5, 5.41) is 1.14. The standard InChI is InChI=1S/C20H16AsBrNO2/c1-13(19(20(24)25-2)15-7-3-4-10-17(15)22)21-16-9-5-11-18-14(16)8-6-12-23-18/h3-12H,1-2H3/b19-13-. The molecule has 0 amide bonds. The molecule has 0 unspecified atom stereocenters. The number of pyridine rings is 1. The van der Waals surface area contributed by atoms with Gasteiger partial charge < -0.3 is 0 Å². The summed E-state index contributed by atoms with van der Waals surface area (Å²) in [5.74, 6) is -0.307. The van der Waals surface area contributed by atoms with Crippen LogP contribution in [0.3, 0.4) is 0 Å². The zero-order valence-electron chi connectivity index (χ0n) is 13.9. The number of nitrogens with zero attached hydrogens (tertiary/aromatic N) is 1. The monoisotopic (exact) mass is 456 g/mol. The van der Waals surface area contributed by atoms with E-state index in [-0.39, 0.29) is 21.7 Å². The van der Waals surface area contributed by atoms with Crippen LogP contribution in [0.15, 0.2) is 69.6 Å². The van der Waals surface area contributed by atoms with Crippen LogP contribution in [0.4, 0.5) is 0 Å². The van der Waals surface area contributed by atoms with Gasteiger partial charge in [0, 0.05) is 0 Å². The predicted octanol–water partition coefficient (Wildman–Crippen LogP) is 3.93. The molecule has 1 heterocycles. The molecule has 3 nitrogen and oxygen atoms in total. The van der Waals surface area contributed by atoms with E-state index in [9.17, 15) is 4.79 Å². The van der Waals surface area contributed by atoms with Crippen LogP contribution in [-0.2, 0) is 9.53 Å². The van der Waals surface area contributed by atoms with Gasteiger partial charge in [-0.15, -0.1) is 0 Å². The number of ether oxygens (including phenoxy) is 1. The van der Waals surface area contributed by atoms with Crippen molar-refractivity contribution in [2.45, 2.75) is 6.92 Å². The Hall–Kier alpha value is -1.90. The second-order valence-corrected chi connectivity index (χ2v) is 9.13. The summed E-state index contributed by atoms with van der Waals surface area (Å²) in [6.07, 6.45) is 1.80. The van der Waals surface area contributed by atoms with Crippen molar-refractivity contribution >= 4 is 58.5 Å². The maximum absolute atomic E-state index is 12.5. The van der Waals surface area contributed by atoms with Crippen LogP contribution in [0.25, 0.3) is 16.5 Å². The van der Waals surface area contributed by atoms with E-state index in [4.69, 9.17) is 4.74 Å². The molecule has 0 saturated heterocycles. The quantitative estimate of drug-likeness (QED) is 0.339. The van der Waals surface area contributed by atoms with E-state index in [1.165, 1.54) is 11.5 Å². The Balaban J connectivity index is 2.11. The van der Waals surface area contributed by atoms with E-state index < -0.39 is 0 Å². The second kappa shape index (κ2) is 7.99. The fourth-order valence-electron chi connectivity index (χ4n) is 2.64. The molecule has 0 aliphatic rings. The van der Waals surface area contributed by atoms with Crippen LogP contribution in [-0.4, -0.2) is 33.8 Å². The van der Waals surface area contributed by atoms with E-state index >= 15 is 0 Å². The molecule has 0 bridgehead atoms. The van der Waals surface area contributed by atoms with Gasteiger partial charge in [-0.25, -0.2) is 0 Å². The molecule has 0 aliphatic carbocycles. The molecule has 2 aromatic carbocycles. The SMILES string of the molecule is COC(=O)/C(=C(/C)[As]c1cccc2ncccc12)c1ccccc1Br. The van der Waals surface area contributed by atoms with E-state index in [0.29, 0.717) is 5.57 Å². The van der Waals surface area contributed by atoms with Crippen molar-refractivity contribution in [1.29, 1.82) is 0 Å². The van der Waals surface area contributed by atoms with Gasteiger partial charge in [0.05, 0.1) is 0 Å². The van der Waals surface area contributed by atoms with Gasteiger partial charge in [0.15, 0.2) is 0 Å². The van der Waals surface area contributed by atoms with Crippen molar-refractivity contribution in [3.05, 3.63) is 75.2 Å². The molecular weight excluding hydrogens is 441 g/mol. The average molecular weight is 457 g/mol. The Morgan fingerprint density at radius 2 is 1.88 bits per heavy atom. The first-order valence-corrected chi connectivity index (χ1v) is 10.4. The molecule has 125 valence electrons. The molecule has 5 heteroatoms. The third-order valence-electron chi connectivity index (χ3n) is 3.81. The van der Waals surface area contributed by atoms with Crippen LogP contribution in [0.1, 0.15) is 12.5 Å². The zero-order valence-corrected chi connectivity index (χ0v) is 17.3. The summed E-state index contributed by atoms with van der Waals surface area (Å²) in [6, 6.07) is 17.9. The van der Waals surface area contributed by atoms with E-state index in [1.54, 1.807) is 6.20 Å². The normalized spacial score (nSPS) is 12.4. The fraction of sp³-hybridized carbons (Fsp3) is 0.100. The fourth-order valence-corrected chi connectivity index (χ4v) is 5.55. The Kier molecular flexibility index (Phi) is 5.72. The van der Waals surface area contributed by atoms with Crippen LogP contribution in [0.5, 0.6) is 0 Å². The van der Waals surface area contributed by atoms with Crippen LogP contribution in [0.2, 0.25) is 0 Å². The van der Waals surface area contributed by atoms with Gasteiger partial charge in [0.25, 0.3) is 0 Å². The Bertz CT molecular complexity index is 963. The van der Waals surface area contributed by atoms with Crippen LogP contribution in [0, 0.1) is 0 Å². The van der Waals surface area contributed by atoms with Crippen molar-refractivity contribution in [1.82, 2.24) is 4.98 Å². The summed E-state index contributed by atoms with van der Waals surface area (Å²) in [7, 11) is 1.42. The van der Waals surface area contributed by atoms with Crippen molar-refractivity contribution < 1.29 is 9.53 Å². The van der Waals surface area contributed by atoms with Gasteiger partial charge in [-0.1, -0.05) is 0 Å². The molecule has 0 saturated carbocycles. The topological polar surface area (TPSA) is 39.2 Å². The number of aromatic nitrogens is 1. The predicted molar refractivity (Wildman–Crippen MR) is 106 cm³/mol. The number of hydrogen-bond acceptors (Lipinski definition) is 3. The molecule has 1 radical (unpaired) electrons.